The molecular formula is C14H22N2O2S. The molecule has 0 spiro atoms. The van der Waals surface area contributed by atoms with Gasteiger partial charge in [0.1, 0.15) is 4.90 Å². The van der Waals surface area contributed by atoms with Crippen LogP contribution in [0.5, 0.6) is 0 Å². The molecule has 0 heterocycles. The van der Waals surface area contributed by atoms with Crippen molar-refractivity contribution in [3.8, 4) is 0 Å². The van der Waals surface area contributed by atoms with Crippen LogP contribution >= 0.6 is 0 Å². The van der Waals surface area contributed by atoms with Crippen molar-refractivity contribution < 1.29 is 8.42 Å². The van der Waals surface area contributed by atoms with Gasteiger partial charge in [0.05, 0.1) is 5.69 Å². The molecule has 1 aromatic carbocycles. The summed E-state index contributed by atoms with van der Waals surface area (Å²) in [5, 5.41) is 0. The molecule has 0 atom stereocenters. The monoisotopic (exact) mass is 282 g/mol. The van der Waals surface area contributed by atoms with E-state index in [9.17, 15) is 8.42 Å². The maximum Gasteiger partial charge on any atom is 0.242 e. The standard InChI is InChI=1S/C14H22N2O2S/c1-2-11-7-9-12(10-8-11)16-19(17,18)14-6-4-3-5-13(14)15/h3-6,11-12,16H,2,7-10,15H2,1H3. The van der Waals surface area contributed by atoms with Gasteiger partial charge in [-0.25, -0.2) is 13.1 Å². The van der Waals surface area contributed by atoms with Gasteiger partial charge in [-0.2, -0.15) is 0 Å². The van der Waals surface area contributed by atoms with Crippen LogP contribution < -0.4 is 10.5 Å². The first-order chi connectivity index (χ1) is 9.03. The van der Waals surface area contributed by atoms with Crippen molar-refractivity contribution in [2.24, 2.45) is 5.92 Å². The summed E-state index contributed by atoms with van der Waals surface area (Å²) in [4.78, 5) is 0.188. The zero-order chi connectivity index (χ0) is 13.9. The summed E-state index contributed by atoms with van der Waals surface area (Å²) in [6.45, 7) is 2.19. The smallest absolute Gasteiger partial charge is 0.242 e. The summed E-state index contributed by atoms with van der Waals surface area (Å²) in [5.74, 6) is 0.752. The minimum Gasteiger partial charge on any atom is -0.398 e. The van der Waals surface area contributed by atoms with Gasteiger partial charge in [-0.1, -0.05) is 25.5 Å². The molecule has 106 valence electrons. The average molecular weight is 282 g/mol. The summed E-state index contributed by atoms with van der Waals surface area (Å²) in [6, 6.07) is 6.64. The second-order valence-corrected chi connectivity index (χ2v) is 6.97. The maximum atomic E-state index is 12.3. The predicted octanol–water partition coefficient (Wildman–Crippen LogP) is 2.52. The lowest BCUT2D eigenvalue weighted by atomic mass is 9.85. The number of para-hydroxylation sites is 1. The number of nitrogen functional groups attached to an aromatic ring is 1. The fourth-order valence-corrected chi connectivity index (χ4v) is 4.13. The largest absolute Gasteiger partial charge is 0.398 e. The van der Waals surface area contributed by atoms with E-state index in [0.29, 0.717) is 5.69 Å². The van der Waals surface area contributed by atoms with Crippen LogP contribution in [0.4, 0.5) is 5.69 Å². The third-order valence-corrected chi connectivity index (χ3v) is 5.55. The zero-order valence-electron chi connectivity index (χ0n) is 11.3. The van der Waals surface area contributed by atoms with Crippen molar-refractivity contribution >= 4 is 15.7 Å². The lowest BCUT2D eigenvalue weighted by Crippen LogP contribution is -2.37. The molecular weight excluding hydrogens is 260 g/mol. The molecule has 4 nitrogen and oxygen atoms in total. The van der Waals surface area contributed by atoms with Gasteiger partial charge in [0.25, 0.3) is 0 Å². The molecule has 0 amide bonds. The average Bonchev–Trinajstić information content (AvgIpc) is 2.39. The molecule has 19 heavy (non-hydrogen) atoms. The lowest BCUT2D eigenvalue weighted by Gasteiger charge is -2.28. The third-order valence-electron chi connectivity index (χ3n) is 3.95. The molecule has 1 aliphatic carbocycles. The Morgan fingerprint density at radius 3 is 2.42 bits per heavy atom. The number of nitrogens with one attached hydrogen (secondary N) is 1. The van der Waals surface area contributed by atoms with E-state index in [1.54, 1.807) is 24.3 Å². The fourth-order valence-electron chi connectivity index (χ4n) is 2.70. The highest BCUT2D eigenvalue weighted by Crippen LogP contribution is 2.28. The van der Waals surface area contributed by atoms with Crippen molar-refractivity contribution in [2.45, 2.75) is 50.0 Å². The number of anilines is 1. The van der Waals surface area contributed by atoms with Crippen molar-refractivity contribution in [3.05, 3.63) is 24.3 Å². The van der Waals surface area contributed by atoms with E-state index in [4.69, 9.17) is 5.73 Å². The Morgan fingerprint density at radius 2 is 1.84 bits per heavy atom. The topological polar surface area (TPSA) is 72.2 Å². The zero-order valence-corrected chi connectivity index (χ0v) is 12.1. The van der Waals surface area contributed by atoms with Gasteiger partial charge >= 0.3 is 0 Å². The van der Waals surface area contributed by atoms with Gasteiger partial charge in [0, 0.05) is 6.04 Å². The Labute approximate surface area is 115 Å². The highest BCUT2D eigenvalue weighted by molar-refractivity contribution is 7.89. The molecule has 0 unspecified atom stereocenters. The molecule has 3 N–H and O–H groups in total. The van der Waals surface area contributed by atoms with Gasteiger partial charge in [-0.05, 0) is 43.7 Å². The SMILES string of the molecule is CCC1CCC(NS(=O)(=O)c2ccccc2N)CC1. The molecule has 1 saturated carbocycles. The van der Waals surface area contributed by atoms with Crippen molar-refractivity contribution in [2.75, 3.05) is 5.73 Å². The summed E-state index contributed by atoms with van der Waals surface area (Å²) in [7, 11) is -3.49. The van der Waals surface area contributed by atoms with Crippen molar-refractivity contribution in [1.29, 1.82) is 0 Å². The van der Waals surface area contributed by atoms with E-state index >= 15 is 0 Å². The maximum absolute atomic E-state index is 12.3. The summed E-state index contributed by atoms with van der Waals surface area (Å²) < 4.78 is 27.4. The van der Waals surface area contributed by atoms with E-state index in [-0.39, 0.29) is 10.9 Å². The Kier molecular flexibility index (Phi) is 4.47. The van der Waals surface area contributed by atoms with Gasteiger partial charge in [0.15, 0.2) is 0 Å². The molecule has 1 fully saturated rings. The van der Waals surface area contributed by atoms with Gasteiger partial charge in [-0.15, -0.1) is 0 Å². The Morgan fingerprint density at radius 1 is 1.21 bits per heavy atom. The molecule has 5 heteroatoms. The molecule has 0 radical (unpaired) electrons. The quantitative estimate of drug-likeness (QED) is 0.833. The number of hydrogen-bond acceptors (Lipinski definition) is 3. The molecule has 1 aromatic rings. The number of hydrogen-bond donors (Lipinski definition) is 2. The summed E-state index contributed by atoms with van der Waals surface area (Å²) >= 11 is 0. The molecule has 0 bridgehead atoms. The van der Waals surface area contributed by atoms with E-state index in [1.807, 2.05) is 0 Å². The first-order valence-corrected chi connectivity index (χ1v) is 8.38. The highest BCUT2D eigenvalue weighted by atomic mass is 32.2. The minimum absolute atomic E-state index is 0.0485. The summed E-state index contributed by atoms with van der Waals surface area (Å²) in [6.07, 6.45) is 5.24. The fraction of sp³-hybridized carbons (Fsp3) is 0.571. The Hall–Kier alpha value is -1.07. The Balaban J connectivity index is 2.05. The number of nitrogens with two attached hydrogens (primary N) is 1. The lowest BCUT2D eigenvalue weighted by molar-refractivity contribution is 0.306. The van der Waals surface area contributed by atoms with Crippen LogP contribution in [-0.4, -0.2) is 14.5 Å². The highest BCUT2D eigenvalue weighted by Gasteiger charge is 2.25. The van der Waals surface area contributed by atoms with E-state index in [0.717, 1.165) is 31.6 Å². The second kappa shape index (κ2) is 5.92. The second-order valence-electron chi connectivity index (χ2n) is 5.29. The van der Waals surface area contributed by atoms with Crippen LogP contribution in [0, 0.1) is 5.92 Å². The predicted molar refractivity (Wildman–Crippen MR) is 77.2 cm³/mol. The minimum atomic E-state index is -3.49. The third kappa shape index (κ3) is 3.48. The van der Waals surface area contributed by atoms with E-state index < -0.39 is 10.0 Å². The van der Waals surface area contributed by atoms with E-state index in [1.165, 1.54) is 6.42 Å². The van der Waals surface area contributed by atoms with Crippen LogP contribution in [0.1, 0.15) is 39.0 Å². The van der Waals surface area contributed by atoms with Crippen LogP contribution in [0.25, 0.3) is 0 Å². The van der Waals surface area contributed by atoms with Gasteiger partial charge in [0.2, 0.25) is 10.0 Å². The first kappa shape index (κ1) is 14.3. The Bertz CT molecular complexity index is 520. The molecule has 0 saturated heterocycles. The molecule has 0 aromatic heterocycles. The van der Waals surface area contributed by atoms with Crippen LogP contribution in [0.15, 0.2) is 29.2 Å². The van der Waals surface area contributed by atoms with Crippen molar-refractivity contribution in [3.63, 3.8) is 0 Å². The van der Waals surface area contributed by atoms with E-state index in [2.05, 4.69) is 11.6 Å². The van der Waals surface area contributed by atoms with Crippen LogP contribution in [0.2, 0.25) is 0 Å². The number of sulfonamides is 1. The molecule has 2 rings (SSSR count). The first-order valence-electron chi connectivity index (χ1n) is 6.89. The number of rotatable bonds is 4. The van der Waals surface area contributed by atoms with Gasteiger partial charge < -0.3 is 5.73 Å². The summed E-state index contributed by atoms with van der Waals surface area (Å²) in [5.41, 5.74) is 6.04. The molecule has 1 aliphatic rings. The van der Waals surface area contributed by atoms with Crippen LogP contribution in [-0.2, 0) is 10.0 Å². The van der Waals surface area contributed by atoms with Crippen molar-refractivity contribution in [1.82, 2.24) is 4.72 Å². The number of benzene rings is 1. The van der Waals surface area contributed by atoms with Gasteiger partial charge in [-0.3, -0.25) is 0 Å². The van der Waals surface area contributed by atoms with Crippen LogP contribution in [0.3, 0.4) is 0 Å². The molecule has 0 aliphatic heterocycles. The normalized spacial score (nSPS) is 24.3.